The van der Waals surface area contributed by atoms with Gasteiger partial charge in [0.05, 0.1) is 6.42 Å². The SMILES string of the molecule is O=C(O)C[C@@H](NS(=O)(=O)c1c(F)cccc1F)C(=O)O. The normalized spacial score (nSPS) is 12.9. The number of benzene rings is 1. The molecule has 0 heterocycles. The number of aliphatic carboxylic acids is 2. The van der Waals surface area contributed by atoms with Gasteiger partial charge in [-0.25, -0.2) is 17.2 Å². The van der Waals surface area contributed by atoms with E-state index in [9.17, 15) is 26.8 Å². The fraction of sp³-hybridized carbons (Fsp3) is 0.200. The van der Waals surface area contributed by atoms with E-state index >= 15 is 0 Å². The van der Waals surface area contributed by atoms with Crippen molar-refractivity contribution in [2.24, 2.45) is 0 Å². The highest BCUT2D eigenvalue weighted by Crippen LogP contribution is 2.18. The molecule has 0 spiro atoms. The molecule has 0 saturated carbocycles. The van der Waals surface area contributed by atoms with E-state index in [4.69, 9.17) is 10.2 Å². The van der Waals surface area contributed by atoms with E-state index in [1.54, 1.807) is 0 Å². The minimum absolute atomic E-state index is 0.671. The van der Waals surface area contributed by atoms with Crippen LogP contribution < -0.4 is 4.72 Å². The summed E-state index contributed by atoms with van der Waals surface area (Å²) >= 11 is 0. The Morgan fingerprint density at radius 2 is 1.70 bits per heavy atom. The van der Waals surface area contributed by atoms with Crippen LogP contribution in [0.1, 0.15) is 6.42 Å². The quantitative estimate of drug-likeness (QED) is 0.689. The van der Waals surface area contributed by atoms with Gasteiger partial charge in [-0.05, 0) is 12.1 Å². The molecule has 0 aliphatic rings. The van der Waals surface area contributed by atoms with E-state index in [-0.39, 0.29) is 0 Å². The van der Waals surface area contributed by atoms with Gasteiger partial charge in [0, 0.05) is 0 Å². The number of carbonyl (C=O) groups is 2. The van der Waals surface area contributed by atoms with Crippen molar-refractivity contribution in [3.05, 3.63) is 29.8 Å². The minimum Gasteiger partial charge on any atom is -0.481 e. The van der Waals surface area contributed by atoms with Crippen LogP contribution in [0.2, 0.25) is 0 Å². The molecule has 1 aromatic rings. The van der Waals surface area contributed by atoms with Crippen molar-refractivity contribution < 1.29 is 37.0 Å². The Morgan fingerprint density at radius 1 is 1.20 bits per heavy atom. The van der Waals surface area contributed by atoms with Crippen molar-refractivity contribution in [1.29, 1.82) is 0 Å². The molecule has 0 aliphatic carbocycles. The molecule has 1 atom stereocenters. The summed E-state index contributed by atoms with van der Waals surface area (Å²) in [6, 6.07) is 0.224. The van der Waals surface area contributed by atoms with Crippen molar-refractivity contribution in [3.63, 3.8) is 0 Å². The predicted octanol–water partition coefficient (Wildman–Crippen LogP) is 0.171. The first-order valence-corrected chi connectivity index (χ1v) is 6.54. The molecule has 7 nitrogen and oxygen atoms in total. The molecule has 0 bridgehead atoms. The second kappa shape index (κ2) is 5.92. The van der Waals surface area contributed by atoms with E-state index in [0.717, 1.165) is 6.07 Å². The first-order chi connectivity index (χ1) is 9.15. The molecule has 0 radical (unpaired) electrons. The third-order valence-corrected chi connectivity index (χ3v) is 3.68. The lowest BCUT2D eigenvalue weighted by Gasteiger charge is -2.13. The van der Waals surface area contributed by atoms with E-state index < -0.39 is 51.0 Å². The molecule has 0 saturated heterocycles. The summed E-state index contributed by atoms with van der Waals surface area (Å²) in [6.07, 6.45) is -1.08. The fourth-order valence-corrected chi connectivity index (χ4v) is 2.67. The van der Waals surface area contributed by atoms with E-state index in [2.05, 4.69) is 0 Å². The Hall–Kier alpha value is -2.07. The second-order valence-electron chi connectivity index (χ2n) is 3.66. The number of hydrogen-bond acceptors (Lipinski definition) is 4. The molecule has 0 amide bonds. The highest BCUT2D eigenvalue weighted by Gasteiger charge is 2.31. The minimum atomic E-state index is -4.86. The lowest BCUT2D eigenvalue weighted by Crippen LogP contribution is -2.42. The number of rotatable bonds is 6. The smallest absolute Gasteiger partial charge is 0.322 e. The van der Waals surface area contributed by atoms with Gasteiger partial charge in [0.25, 0.3) is 0 Å². The van der Waals surface area contributed by atoms with Crippen molar-refractivity contribution in [1.82, 2.24) is 4.72 Å². The average Bonchev–Trinajstić information content (AvgIpc) is 2.26. The number of halogens is 2. The maximum Gasteiger partial charge on any atom is 0.322 e. The maximum absolute atomic E-state index is 13.3. The monoisotopic (exact) mass is 309 g/mol. The Morgan fingerprint density at radius 3 is 2.10 bits per heavy atom. The summed E-state index contributed by atoms with van der Waals surface area (Å²) in [7, 11) is -4.86. The van der Waals surface area contributed by atoms with Gasteiger partial charge in [-0.3, -0.25) is 9.59 Å². The first kappa shape index (κ1) is 16.0. The molecule has 0 unspecified atom stereocenters. The second-order valence-corrected chi connectivity index (χ2v) is 5.31. The highest BCUT2D eigenvalue weighted by atomic mass is 32.2. The summed E-state index contributed by atoms with van der Waals surface area (Å²) in [5.41, 5.74) is 0. The summed E-state index contributed by atoms with van der Waals surface area (Å²) < 4.78 is 51.6. The summed E-state index contributed by atoms with van der Waals surface area (Å²) in [5.74, 6) is -6.21. The van der Waals surface area contributed by atoms with Crippen LogP contribution in [0.4, 0.5) is 8.78 Å². The number of carboxylic acid groups (broad SMARTS) is 2. The van der Waals surface area contributed by atoms with Crippen LogP contribution in [0.5, 0.6) is 0 Å². The molecule has 10 heteroatoms. The molecule has 0 aliphatic heterocycles. The van der Waals surface area contributed by atoms with Crippen LogP contribution in [0.15, 0.2) is 23.1 Å². The van der Waals surface area contributed by atoms with Gasteiger partial charge in [-0.2, -0.15) is 4.72 Å². The molecule has 3 N–H and O–H groups in total. The zero-order valence-corrected chi connectivity index (χ0v) is 10.5. The average molecular weight is 309 g/mol. The molecule has 0 aromatic heterocycles. The third kappa shape index (κ3) is 3.71. The van der Waals surface area contributed by atoms with E-state index in [1.165, 1.54) is 4.72 Å². The van der Waals surface area contributed by atoms with Gasteiger partial charge in [-0.1, -0.05) is 6.07 Å². The predicted molar refractivity (Wildman–Crippen MR) is 60.4 cm³/mol. The highest BCUT2D eigenvalue weighted by molar-refractivity contribution is 7.89. The third-order valence-electron chi connectivity index (χ3n) is 2.16. The molecule has 110 valence electrons. The van der Waals surface area contributed by atoms with Crippen LogP contribution in [-0.4, -0.2) is 36.6 Å². The Bertz CT molecular complexity index is 625. The standard InChI is InChI=1S/C10H9F2NO6S/c11-5-2-1-3-6(12)9(5)20(18,19)13-7(10(16)17)4-8(14)15/h1-3,7,13H,4H2,(H,14,15)(H,16,17)/t7-/m1/s1. The Labute approximate surface area is 111 Å². The van der Waals surface area contributed by atoms with Crippen LogP contribution in [0, 0.1) is 11.6 Å². The largest absolute Gasteiger partial charge is 0.481 e. The van der Waals surface area contributed by atoms with Crippen molar-refractivity contribution in [2.45, 2.75) is 17.4 Å². The zero-order valence-electron chi connectivity index (χ0n) is 9.71. The van der Waals surface area contributed by atoms with Crippen molar-refractivity contribution >= 4 is 22.0 Å². The molecule has 1 aromatic carbocycles. The Balaban J connectivity index is 3.17. The molecular weight excluding hydrogens is 300 g/mol. The number of carboxylic acids is 2. The van der Waals surface area contributed by atoms with E-state index in [0.29, 0.717) is 12.1 Å². The van der Waals surface area contributed by atoms with Crippen LogP contribution in [0.25, 0.3) is 0 Å². The number of hydrogen-bond donors (Lipinski definition) is 3. The van der Waals surface area contributed by atoms with Crippen molar-refractivity contribution in [2.75, 3.05) is 0 Å². The van der Waals surface area contributed by atoms with Crippen LogP contribution >= 0.6 is 0 Å². The fourth-order valence-electron chi connectivity index (χ4n) is 1.34. The van der Waals surface area contributed by atoms with Gasteiger partial charge in [-0.15, -0.1) is 0 Å². The van der Waals surface area contributed by atoms with Gasteiger partial charge in [0.15, 0.2) is 4.90 Å². The lowest BCUT2D eigenvalue weighted by molar-refractivity contribution is -0.145. The lowest BCUT2D eigenvalue weighted by atomic mass is 10.2. The first-order valence-electron chi connectivity index (χ1n) is 5.06. The zero-order chi connectivity index (χ0) is 15.5. The van der Waals surface area contributed by atoms with Gasteiger partial charge >= 0.3 is 11.9 Å². The summed E-state index contributed by atoms with van der Waals surface area (Å²) in [5, 5.41) is 17.2. The van der Waals surface area contributed by atoms with Gasteiger partial charge < -0.3 is 10.2 Å². The number of nitrogens with one attached hydrogen (secondary N) is 1. The van der Waals surface area contributed by atoms with Crippen LogP contribution in [0.3, 0.4) is 0 Å². The van der Waals surface area contributed by atoms with Crippen LogP contribution in [-0.2, 0) is 19.6 Å². The number of sulfonamides is 1. The molecule has 1 rings (SSSR count). The molecule has 0 fully saturated rings. The van der Waals surface area contributed by atoms with Gasteiger partial charge in [0.1, 0.15) is 17.7 Å². The van der Waals surface area contributed by atoms with Crippen molar-refractivity contribution in [3.8, 4) is 0 Å². The maximum atomic E-state index is 13.3. The summed E-state index contributed by atoms with van der Waals surface area (Å²) in [6.45, 7) is 0. The molecule has 20 heavy (non-hydrogen) atoms. The van der Waals surface area contributed by atoms with Gasteiger partial charge in [0.2, 0.25) is 10.0 Å². The summed E-state index contributed by atoms with van der Waals surface area (Å²) in [4.78, 5) is 19.8. The molecular formula is C10H9F2NO6S. The van der Waals surface area contributed by atoms with E-state index in [1.807, 2.05) is 0 Å². The Kier molecular flexibility index (Phi) is 4.73. The topological polar surface area (TPSA) is 121 Å².